The minimum Gasteiger partial charge on any atom is -0.484 e. The van der Waals surface area contributed by atoms with Crippen molar-refractivity contribution in [3.8, 4) is 17.0 Å². The number of amides is 4. The van der Waals surface area contributed by atoms with E-state index in [0.29, 0.717) is 34.3 Å². The molecule has 0 unspecified atom stereocenters. The van der Waals surface area contributed by atoms with Gasteiger partial charge in [-0.25, -0.2) is 9.78 Å². The summed E-state index contributed by atoms with van der Waals surface area (Å²) >= 11 is 9.89. The SMILES string of the molecule is CN(C)C(=O)COc1ccc([C@H]2NC(=O)N([C@@H](Cc3ccccc3)c3ncc(-c4ccc(Br)cc4Cl)[nH]3)C2=O)cc1. The van der Waals surface area contributed by atoms with Gasteiger partial charge in [-0.05, 0) is 35.4 Å². The standard InChI is InChI=1S/C30H27BrClN5O4/c1-36(2)26(38)17-41-21-11-8-19(9-12-21)27-29(39)37(30(40)35-27)25(14-18-6-4-3-5-7-18)28-33-16-24(34-28)22-13-10-20(31)15-23(22)32/h3-13,15-16,25,27H,14,17H2,1-2H3,(H,33,34)(H,35,40)/t25-,27+/m0/s1. The highest BCUT2D eigenvalue weighted by atomic mass is 79.9. The Balaban J connectivity index is 1.41. The Morgan fingerprint density at radius 1 is 1.10 bits per heavy atom. The summed E-state index contributed by atoms with van der Waals surface area (Å²) < 4.78 is 6.38. The van der Waals surface area contributed by atoms with Crippen LogP contribution in [0.3, 0.4) is 0 Å². The number of nitrogens with zero attached hydrogens (tertiary/aromatic N) is 3. The van der Waals surface area contributed by atoms with Crippen LogP contribution < -0.4 is 10.1 Å². The zero-order valence-electron chi connectivity index (χ0n) is 22.3. The highest BCUT2D eigenvalue weighted by molar-refractivity contribution is 9.10. The quantitative estimate of drug-likeness (QED) is 0.235. The molecule has 1 fully saturated rings. The molecule has 4 aromatic rings. The van der Waals surface area contributed by atoms with Crippen LogP contribution in [-0.2, 0) is 16.0 Å². The van der Waals surface area contributed by atoms with Gasteiger partial charge in [-0.3, -0.25) is 14.5 Å². The number of urea groups is 1. The second kappa shape index (κ2) is 12.2. The number of halogens is 2. The second-order valence-electron chi connectivity index (χ2n) is 9.75. The number of likely N-dealkylation sites (N-methyl/N-ethyl adjacent to an activating group) is 1. The summed E-state index contributed by atoms with van der Waals surface area (Å²) in [5.41, 5.74) is 2.95. The highest BCUT2D eigenvalue weighted by Gasteiger charge is 2.44. The first kappa shape index (κ1) is 28.4. The molecule has 1 aromatic heterocycles. The molecular formula is C30H27BrClN5O4. The third-order valence-electron chi connectivity index (χ3n) is 6.76. The predicted molar refractivity (Wildman–Crippen MR) is 158 cm³/mol. The van der Waals surface area contributed by atoms with Gasteiger partial charge in [0.2, 0.25) is 0 Å². The molecule has 0 saturated carbocycles. The fourth-order valence-corrected chi connectivity index (χ4v) is 5.32. The average molecular weight is 637 g/mol. The molecule has 2 N–H and O–H groups in total. The van der Waals surface area contributed by atoms with Gasteiger partial charge in [-0.1, -0.05) is 76.1 Å². The van der Waals surface area contributed by atoms with Crippen molar-refractivity contribution in [3.63, 3.8) is 0 Å². The van der Waals surface area contributed by atoms with Crippen molar-refractivity contribution in [2.45, 2.75) is 18.5 Å². The smallest absolute Gasteiger partial charge is 0.325 e. The number of ether oxygens (including phenoxy) is 1. The second-order valence-corrected chi connectivity index (χ2v) is 11.1. The molecule has 1 aliphatic heterocycles. The fourth-order valence-electron chi connectivity index (χ4n) is 4.54. The van der Waals surface area contributed by atoms with Crippen molar-refractivity contribution in [1.82, 2.24) is 25.1 Å². The molecule has 0 radical (unpaired) electrons. The van der Waals surface area contributed by atoms with Crippen LogP contribution in [0.2, 0.25) is 5.02 Å². The van der Waals surface area contributed by atoms with E-state index in [2.05, 4.69) is 31.2 Å². The van der Waals surface area contributed by atoms with Crippen LogP contribution in [0, 0.1) is 0 Å². The van der Waals surface area contributed by atoms with Crippen molar-refractivity contribution in [2.24, 2.45) is 0 Å². The maximum Gasteiger partial charge on any atom is 0.325 e. The fraction of sp³-hybridized carbons (Fsp3) is 0.200. The first-order valence-electron chi connectivity index (χ1n) is 12.8. The number of imide groups is 1. The number of hydrogen-bond acceptors (Lipinski definition) is 5. The molecule has 1 aliphatic rings. The van der Waals surface area contributed by atoms with Gasteiger partial charge >= 0.3 is 6.03 Å². The van der Waals surface area contributed by atoms with Crippen molar-refractivity contribution in [1.29, 1.82) is 0 Å². The third-order valence-corrected chi connectivity index (χ3v) is 7.57. The van der Waals surface area contributed by atoms with Crippen molar-refractivity contribution >= 4 is 45.4 Å². The number of H-pyrrole nitrogens is 1. The van der Waals surface area contributed by atoms with Gasteiger partial charge in [-0.15, -0.1) is 0 Å². The summed E-state index contributed by atoms with van der Waals surface area (Å²) in [5, 5.41) is 3.34. The summed E-state index contributed by atoms with van der Waals surface area (Å²) in [6, 6.07) is 19.8. The summed E-state index contributed by atoms with van der Waals surface area (Å²) in [4.78, 5) is 49.4. The molecular weight excluding hydrogens is 610 g/mol. The predicted octanol–water partition coefficient (Wildman–Crippen LogP) is 5.54. The Labute approximate surface area is 250 Å². The van der Waals surface area contributed by atoms with E-state index in [1.807, 2.05) is 42.5 Å². The van der Waals surface area contributed by atoms with Crippen LogP contribution in [0.15, 0.2) is 83.5 Å². The number of benzene rings is 3. The first-order valence-corrected chi connectivity index (χ1v) is 14.0. The molecule has 210 valence electrons. The van der Waals surface area contributed by atoms with Crippen LogP contribution in [-0.4, -0.2) is 58.3 Å². The average Bonchev–Trinajstić information content (AvgIpc) is 3.55. The van der Waals surface area contributed by atoms with Crippen molar-refractivity contribution in [2.75, 3.05) is 20.7 Å². The van der Waals surface area contributed by atoms with E-state index in [0.717, 1.165) is 15.6 Å². The minimum atomic E-state index is -0.881. The largest absolute Gasteiger partial charge is 0.484 e. The zero-order valence-corrected chi connectivity index (χ0v) is 24.6. The van der Waals surface area contributed by atoms with Crippen molar-refractivity contribution < 1.29 is 19.1 Å². The number of rotatable bonds is 9. The lowest BCUT2D eigenvalue weighted by molar-refractivity contribution is -0.131. The van der Waals surface area contributed by atoms with E-state index in [4.69, 9.17) is 16.3 Å². The van der Waals surface area contributed by atoms with Crippen LogP contribution in [0.25, 0.3) is 11.3 Å². The van der Waals surface area contributed by atoms with E-state index in [1.54, 1.807) is 50.6 Å². The third kappa shape index (κ3) is 6.28. The number of nitrogens with one attached hydrogen (secondary N) is 2. The first-order chi connectivity index (χ1) is 19.7. The number of carbonyl (C=O) groups excluding carboxylic acids is 3. The van der Waals surface area contributed by atoms with E-state index in [1.165, 1.54) is 9.80 Å². The highest BCUT2D eigenvalue weighted by Crippen LogP contribution is 2.34. The number of hydrogen-bond donors (Lipinski definition) is 2. The molecule has 0 aliphatic carbocycles. The van der Waals surface area contributed by atoms with Crippen LogP contribution >= 0.6 is 27.5 Å². The van der Waals surface area contributed by atoms with E-state index in [9.17, 15) is 14.4 Å². The number of aromatic nitrogens is 2. The van der Waals surface area contributed by atoms with Crippen LogP contribution in [0.1, 0.15) is 29.0 Å². The number of aromatic amines is 1. The van der Waals surface area contributed by atoms with E-state index < -0.39 is 24.0 Å². The maximum atomic E-state index is 13.8. The summed E-state index contributed by atoms with van der Waals surface area (Å²) in [6.07, 6.45) is 2.01. The van der Waals surface area contributed by atoms with E-state index >= 15 is 0 Å². The van der Waals surface area contributed by atoms with Gasteiger partial charge in [-0.2, -0.15) is 0 Å². The van der Waals surface area contributed by atoms with Gasteiger partial charge in [0.25, 0.3) is 11.8 Å². The molecule has 11 heteroatoms. The number of imidazole rings is 1. The molecule has 9 nitrogen and oxygen atoms in total. The number of carbonyl (C=O) groups is 3. The lowest BCUT2D eigenvalue weighted by Crippen LogP contribution is -2.36. The summed E-state index contributed by atoms with van der Waals surface area (Å²) in [7, 11) is 3.30. The zero-order chi connectivity index (χ0) is 29.1. The minimum absolute atomic E-state index is 0.100. The molecule has 41 heavy (non-hydrogen) atoms. The van der Waals surface area contributed by atoms with Gasteiger partial charge in [0.05, 0.1) is 16.9 Å². The Bertz CT molecular complexity index is 1580. The normalized spacial score (nSPS) is 15.5. The Hall–Kier alpha value is -4.15. The summed E-state index contributed by atoms with van der Waals surface area (Å²) in [6.45, 7) is -0.100. The molecule has 4 amide bonds. The summed E-state index contributed by atoms with van der Waals surface area (Å²) in [5.74, 6) is 0.374. The molecule has 5 rings (SSSR count). The van der Waals surface area contributed by atoms with Gasteiger partial charge in [0.15, 0.2) is 6.61 Å². The molecule has 0 spiro atoms. The Morgan fingerprint density at radius 2 is 1.83 bits per heavy atom. The topological polar surface area (TPSA) is 108 Å². The van der Waals surface area contributed by atoms with Crippen LogP contribution in [0.5, 0.6) is 5.75 Å². The van der Waals surface area contributed by atoms with E-state index in [-0.39, 0.29) is 12.5 Å². The van der Waals surface area contributed by atoms with Crippen molar-refractivity contribution in [3.05, 3.63) is 105 Å². The Kier molecular flexibility index (Phi) is 8.41. The van der Waals surface area contributed by atoms with Gasteiger partial charge in [0, 0.05) is 30.6 Å². The molecule has 3 aromatic carbocycles. The van der Waals surface area contributed by atoms with Crippen LogP contribution in [0.4, 0.5) is 4.79 Å². The van der Waals surface area contributed by atoms with Gasteiger partial charge in [0.1, 0.15) is 23.7 Å². The molecule has 0 bridgehead atoms. The molecule has 2 atom stereocenters. The monoisotopic (exact) mass is 635 g/mol. The lowest BCUT2D eigenvalue weighted by Gasteiger charge is -2.24. The Morgan fingerprint density at radius 3 is 2.51 bits per heavy atom. The maximum absolute atomic E-state index is 13.8. The molecule has 1 saturated heterocycles. The van der Waals surface area contributed by atoms with Gasteiger partial charge < -0.3 is 19.9 Å². The lowest BCUT2D eigenvalue weighted by atomic mass is 10.0. The molecule has 2 heterocycles.